The number of carbonyl (C=O) groups is 1. The summed E-state index contributed by atoms with van der Waals surface area (Å²) < 4.78 is 0.951. The molecule has 2 aromatic rings. The van der Waals surface area contributed by atoms with E-state index in [0.29, 0.717) is 6.54 Å². The van der Waals surface area contributed by atoms with Crippen LogP contribution in [0.25, 0.3) is 0 Å². The second kappa shape index (κ2) is 5.41. The van der Waals surface area contributed by atoms with Crippen LogP contribution < -0.4 is 5.32 Å². The molecule has 1 amide bonds. The molecule has 0 aliphatic rings. The Morgan fingerprint density at radius 1 is 1.28 bits per heavy atom. The predicted molar refractivity (Wildman–Crippen MR) is 73.0 cm³/mol. The second-order valence-electron chi connectivity index (χ2n) is 3.61. The maximum Gasteiger partial charge on any atom is 0.251 e. The molecule has 1 aromatic carbocycles. The quantitative estimate of drug-likeness (QED) is 0.811. The first-order valence-electron chi connectivity index (χ1n) is 5.09. The summed E-state index contributed by atoms with van der Waals surface area (Å²) in [4.78, 5) is 12.8. The minimum atomic E-state index is -0.346. The lowest BCUT2D eigenvalue weighted by Crippen LogP contribution is -2.22. The maximum absolute atomic E-state index is 11.8. The van der Waals surface area contributed by atoms with Crippen LogP contribution in [0.4, 0.5) is 0 Å². The van der Waals surface area contributed by atoms with E-state index in [9.17, 15) is 15.0 Å². The number of phenols is 2. The summed E-state index contributed by atoms with van der Waals surface area (Å²) in [6.07, 6.45) is 0. The van der Waals surface area contributed by atoms with Crippen molar-refractivity contribution in [3.05, 3.63) is 44.6 Å². The number of hydrogen-bond donors (Lipinski definition) is 3. The molecular weight excluding hydrogens is 318 g/mol. The number of amides is 1. The average Bonchev–Trinajstić information content (AvgIpc) is 2.70. The number of benzene rings is 1. The topological polar surface area (TPSA) is 69.6 Å². The largest absolute Gasteiger partial charge is 0.508 e. The van der Waals surface area contributed by atoms with E-state index in [2.05, 4.69) is 21.2 Å². The van der Waals surface area contributed by atoms with E-state index in [4.69, 9.17) is 0 Å². The number of nitrogens with one attached hydrogen (secondary N) is 1. The summed E-state index contributed by atoms with van der Waals surface area (Å²) in [5.74, 6) is -0.628. The molecule has 1 aromatic heterocycles. The molecule has 0 fully saturated rings. The van der Waals surface area contributed by atoms with Crippen LogP contribution in [0.15, 0.2) is 34.1 Å². The van der Waals surface area contributed by atoms with Crippen molar-refractivity contribution in [2.75, 3.05) is 0 Å². The lowest BCUT2D eigenvalue weighted by molar-refractivity contribution is 0.0950. The third-order valence-electron chi connectivity index (χ3n) is 2.27. The molecule has 0 radical (unpaired) electrons. The van der Waals surface area contributed by atoms with Crippen molar-refractivity contribution < 1.29 is 15.0 Å². The van der Waals surface area contributed by atoms with Crippen molar-refractivity contribution in [1.29, 1.82) is 0 Å². The van der Waals surface area contributed by atoms with Crippen molar-refractivity contribution >= 4 is 33.2 Å². The Labute approximate surface area is 116 Å². The lowest BCUT2D eigenvalue weighted by atomic mass is 10.2. The Hall–Kier alpha value is -1.53. The number of thiophene rings is 1. The van der Waals surface area contributed by atoms with Gasteiger partial charge in [-0.15, -0.1) is 11.3 Å². The molecule has 18 heavy (non-hydrogen) atoms. The van der Waals surface area contributed by atoms with Gasteiger partial charge in [0.2, 0.25) is 0 Å². The van der Waals surface area contributed by atoms with Gasteiger partial charge >= 0.3 is 0 Å². The molecule has 4 nitrogen and oxygen atoms in total. The molecule has 0 aliphatic heterocycles. The highest BCUT2D eigenvalue weighted by Gasteiger charge is 2.09. The van der Waals surface area contributed by atoms with Gasteiger partial charge in [0, 0.05) is 21.0 Å². The highest BCUT2D eigenvalue weighted by Crippen LogP contribution is 2.23. The van der Waals surface area contributed by atoms with Crippen LogP contribution in [0, 0.1) is 0 Å². The Morgan fingerprint density at radius 3 is 2.50 bits per heavy atom. The van der Waals surface area contributed by atoms with Crippen molar-refractivity contribution in [2.24, 2.45) is 0 Å². The summed E-state index contributed by atoms with van der Waals surface area (Å²) in [7, 11) is 0. The highest BCUT2D eigenvalue weighted by atomic mass is 79.9. The number of phenolic OH excluding ortho intramolecular Hbond substituents is 2. The molecule has 0 aliphatic carbocycles. The summed E-state index contributed by atoms with van der Waals surface area (Å²) in [6, 6.07) is 5.69. The first-order valence-corrected chi connectivity index (χ1v) is 6.76. The number of carbonyl (C=O) groups excluding carboxylic acids is 1. The normalized spacial score (nSPS) is 10.3. The molecule has 3 N–H and O–H groups in total. The van der Waals surface area contributed by atoms with E-state index >= 15 is 0 Å². The van der Waals surface area contributed by atoms with Gasteiger partial charge in [-0.1, -0.05) is 0 Å². The standard InChI is InChI=1S/C12H10BrNO3S/c13-10-1-2-18-11(10)6-14-12(17)7-3-8(15)5-9(16)4-7/h1-5,15-16H,6H2,(H,14,17). The molecule has 6 heteroatoms. The predicted octanol–water partition coefficient (Wildman–Crippen LogP) is 2.85. The lowest BCUT2D eigenvalue weighted by Gasteiger charge is -2.05. The fourth-order valence-corrected chi connectivity index (χ4v) is 2.87. The Balaban J connectivity index is 2.06. The molecular formula is C12H10BrNO3S. The van der Waals surface area contributed by atoms with E-state index < -0.39 is 0 Å². The van der Waals surface area contributed by atoms with Gasteiger partial charge < -0.3 is 15.5 Å². The van der Waals surface area contributed by atoms with Gasteiger partial charge in [0.15, 0.2) is 0 Å². The Kier molecular flexibility index (Phi) is 3.88. The monoisotopic (exact) mass is 327 g/mol. The van der Waals surface area contributed by atoms with Crippen LogP contribution in [0.2, 0.25) is 0 Å². The molecule has 2 rings (SSSR count). The van der Waals surface area contributed by atoms with E-state index in [-0.39, 0.29) is 23.0 Å². The van der Waals surface area contributed by atoms with Crippen LogP contribution >= 0.6 is 27.3 Å². The van der Waals surface area contributed by atoms with Gasteiger partial charge in [0.05, 0.1) is 6.54 Å². The zero-order chi connectivity index (χ0) is 13.1. The van der Waals surface area contributed by atoms with Crippen LogP contribution in [-0.4, -0.2) is 16.1 Å². The first kappa shape index (κ1) is 12.9. The molecule has 0 atom stereocenters. The molecule has 94 valence electrons. The van der Waals surface area contributed by atoms with Gasteiger partial charge in [-0.25, -0.2) is 0 Å². The number of aromatic hydroxyl groups is 2. The third kappa shape index (κ3) is 3.02. The second-order valence-corrected chi connectivity index (χ2v) is 5.47. The minimum absolute atomic E-state index is 0.141. The highest BCUT2D eigenvalue weighted by molar-refractivity contribution is 9.10. The van der Waals surface area contributed by atoms with Crippen LogP contribution in [0.5, 0.6) is 11.5 Å². The van der Waals surface area contributed by atoms with Crippen molar-refractivity contribution in [3.63, 3.8) is 0 Å². The zero-order valence-electron chi connectivity index (χ0n) is 9.18. The smallest absolute Gasteiger partial charge is 0.251 e. The van der Waals surface area contributed by atoms with Crippen LogP contribution in [0.1, 0.15) is 15.2 Å². The molecule has 0 saturated carbocycles. The number of rotatable bonds is 3. The Morgan fingerprint density at radius 2 is 1.94 bits per heavy atom. The third-order valence-corrected chi connectivity index (χ3v) is 4.19. The number of hydrogen-bond acceptors (Lipinski definition) is 4. The molecule has 1 heterocycles. The summed E-state index contributed by atoms with van der Waals surface area (Å²) in [6.45, 7) is 0.396. The SMILES string of the molecule is O=C(NCc1sccc1Br)c1cc(O)cc(O)c1. The first-order chi connectivity index (χ1) is 8.56. The van der Waals surface area contributed by atoms with E-state index in [1.54, 1.807) is 0 Å². The van der Waals surface area contributed by atoms with Gasteiger partial charge in [-0.3, -0.25) is 4.79 Å². The average molecular weight is 328 g/mol. The molecule has 0 unspecified atom stereocenters. The Bertz CT molecular complexity index is 562. The molecule has 0 bridgehead atoms. The molecule has 0 spiro atoms. The summed E-state index contributed by atoms with van der Waals surface area (Å²) in [5.41, 5.74) is 0.222. The fourth-order valence-electron chi connectivity index (χ4n) is 1.44. The zero-order valence-corrected chi connectivity index (χ0v) is 11.6. The van der Waals surface area contributed by atoms with E-state index in [1.165, 1.54) is 29.5 Å². The van der Waals surface area contributed by atoms with Crippen LogP contribution in [0.3, 0.4) is 0 Å². The van der Waals surface area contributed by atoms with Gasteiger partial charge in [0.25, 0.3) is 5.91 Å². The van der Waals surface area contributed by atoms with Crippen molar-refractivity contribution in [2.45, 2.75) is 6.54 Å². The van der Waals surface area contributed by atoms with Crippen LogP contribution in [-0.2, 0) is 6.54 Å². The van der Waals surface area contributed by atoms with E-state index in [0.717, 1.165) is 9.35 Å². The summed E-state index contributed by atoms with van der Waals surface area (Å²) >= 11 is 4.91. The minimum Gasteiger partial charge on any atom is -0.508 e. The van der Waals surface area contributed by atoms with Gasteiger partial charge in [-0.2, -0.15) is 0 Å². The van der Waals surface area contributed by atoms with Gasteiger partial charge in [-0.05, 0) is 39.5 Å². The fraction of sp³-hybridized carbons (Fsp3) is 0.0833. The van der Waals surface area contributed by atoms with Gasteiger partial charge in [0.1, 0.15) is 11.5 Å². The maximum atomic E-state index is 11.8. The molecule has 0 saturated heterocycles. The number of halogens is 1. The summed E-state index contributed by atoms with van der Waals surface area (Å²) in [5, 5.41) is 23.2. The van der Waals surface area contributed by atoms with Crippen molar-refractivity contribution in [3.8, 4) is 11.5 Å². The van der Waals surface area contributed by atoms with Crippen molar-refractivity contribution in [1.82, 2.24) is 5.32 Å². The van der Waals surface area contributed by atoms with E-state index in [1.807, 2.05) is 11.4 Å².